The quantitative estimate of drug-likeness (QED) is 0.274. The zero-order valence-electron chi connectivity index (χ0n) is 16.3. The van der Waals surface area contributed by atoms with Gasteiger partial charge >= 0.3 is 0 Å². The molecule has 6 nitrogen and oxygen atoms in total. The molecule has 0 radical (unpaired) electrons. The van der Waals surface area contributed by atoms with Crippen LogP contribution in [0.4, 0.5) is 10.8 Å². The van der Waals surface area contributed by atoms with Crippen molar-refractivity contribution in [2.75, 3.05) is 5.32 Å². The number of benzene rings is 3. The van der Waals surface area contributed by atoms with E-state index >= 15 is 0 Å². The van der Waals surface area contributed by atoms with Gasteiger partial charge in [-0.1, -0.05) is 52.8 Å². The van der Waals surface area contributed by atoms with E-state index in [2.05, 4.69) is 10.3 Å². The highest BCUT2D eigenvalue weighted by Crippen LogP contribution is 2.39. The van der Waals surface area contributed by atoms with Crippen LogP contribution < -0.4 is 5.32 Å². The fourth-order valence-corrected chi connectivity index (χ4v) is 4.10. The average Bonchev–Trinajstić information content (AvgIpc) is 3.18. The molecular formula is C23H16ClN3O3S. The van der Waals surface area contributed by atoms with Gasteiger partial charge in [-0.2, -0.15) is 0 Å². The first-order valence-corrected chi connectivity index (χ1v) is 10.5. The fraction of sp³-hybridized carbons (Fsp3) is 0.0435. The van der Waals surface area contributed by atoms with E-state index in [-0.39, 0.29) is 11.6 Å². The van der Waals surface area contributed by atoms with Crippen molar-refractivity contribution in [3.63, 3.8) is 0 Å². The first-order chi connectivity index (χ1) is 14.9. The Morgan fingerprint density at radius 2 is 1.58 bits per heavy atom. The van der Waals surface area contributed by atoms with E-state index in [1.165, 1.54) is 23.5 Å². The van der Waals surface area contributed by atoms with Crippen LogP contribution in [0.5, 0.6) is 0 Å². The molecule has 3 aromatic carbocycles. The lowest BCUT2D eigenvalue weighted by molar-refractivity contribution is -0.384. The number of anilines is 1. The Kier molecular flexibility index (Phi) is 5.79. The van der Waals surface area contributed by atoms with E-state index in [1.54, 1.807) is 36.4 Å². The predicted molar refractivity (Wildman–Crippen MR) is 124 cm³/mol. The van der Waals surface area contributed by atoms with Gasteiger partial charge in [-0.05, 0) is 48.9 Å². The van der Waals surface area contributed by atoms with Gasteiger partial charge in [0.1, 0.15) is 0 Å². The third-order valence-electron chi connectivity index (χ3n) is 4.62. The third-order valence-corrected chi connectivity index (χ3v) is 5.89. The standard InChI is InChI=1S/C23H16ClN3O3S/c1-14-2-4-15(5-3-14)20-21(16-8-12-19(13-9-16)27(29)30)31-23(25-20)26-22(28)17-6-10-18(24)11-7-17/h2-13H,1H3,(H,25,26,28). The average molecular weight is 450 g/mol. The zero-order chi connectivity index (χ0) is 22.0. The minimum atomic E-state index is -0.435. The molecule has 1 heterocycles. The molecule has 4 rings (SSSR count). The summed E-state index contributed by atoms with van der Waals surface area (Å²) in [4.78, 5) is 28.6. The number of aryl methyl sites for hydroxylation is 1. The van der Waals surface area contributed by atoms with Crippen molar-refractivity contribution in [2.45, 2.75) is 6.92 Å². The maximum atomic E-state index is 12.6. The Morgan fingerprint density at radius 1 is 0.968 bits per heavy atom. The number of nitrogens with zero attached hydrogens (tertiary/aromatic N) is 2. The lowest BCUT2D eigenvalue weighted by atomic mass is 10.1. The smallest absolute Gasteiger partial charge is 0.269 e. The van der Waals surface area contributed by atoms with Crippen molar-refractivity contribution >= 4 is 39.7 Å². The van der Waals surface area contributed by atoms with Gasteiger partial charge in [-0.25, -0.2) is 4.98 Å². The number of non-ortho nitro benzene ring substituents is 1. The molecule has 0 aliphatic heterocycles. The lowest BCUT2D eigenvalue weighted by Crippen LogP contribution is -2.11. The van der Waals surface area contributed by atoms with Crippen molar-refractivity contribution in [1.82, 2.24) is 4.98 Å². The van der Waals surface area contributed by atoms with Crippen LogP contribution in [0.3, 0.4) is 0 Å². The maximum Gasteiger partial charge on any atom is 0.269 e. The van der Waals surface area contributed by atoms with E-state index in [4.69, 9.17) is 11.6 Å². The highest BCUT2D eigenvalue weighted by atomic mass is 35.5. The molecule has 0 atom stereocenters. The van der Waals surface area contributed by atoms with Gasteiger partial charge in [0.05, 0.1) is 15.5 Å². The highest BCUT2D eigenvalue weighted by molar-refractivity contribution is 7.19. The van der Waals surface area contributed by atoms with Crippen molar-refractivity contribution in [1.29, 1.82) is 0 Å². The summed E-state index contributed by atoms with van der Waals surface area (Å²) in [5.74, 6) is -0.295. The van der Waals surface area contributed by atoms with Gasteiger partial charge in [-0.3, -0.25) is 20.2 Å². The second-order valence-corrected chi connectivity index (χ2v) is 8.26. The number of hydrogen-bond acceptors (Lipinski definition) is 5. The number of nitrogens with one attached hydrogen (secondary N) is 1. The number of carbonyl (C=O) groups excluding carboxylic acids is 1. The summed E-state index contributed by atoms with van der Waals surface area (Å²) < 4.78 is 0. The number of aromatic nitrogens is 1. The van der Waals surface area contributed by atoms with E-state index in [0.29, 0.717) is 21.4 Å². The van der Waals surface area contributed by atoms with Crippen LogP contribution in [-0.4, -0.2) is 15.8 Å². The Morgan fingerprint density at radius 3 is 2.19 bits per heavy atom. The summed E-state index contributed by atoms with van der Waals surface area (Å²) in [6.45, 7) is 2.00. The minimum absolute atomic E-state index is 0.0152. The second-order valence-electron chi connectivity index (χ2n) is 6.83. The number of rotatable bonds is 5. The van der Waals surface area contributed by atoms with Crippen LogP contribution in [-0.2, 0) is 0 Å². The van der Waals surface area contributed by atoms with Gasteiger partial charge in [0.25, 0.3) is 11.6 Å². The van der Waals surface area contributed by atoms with Crippen molar-refractivity contribution in [3.05, 3.63) is 99.1 Å². The Hall–Kier alpha value is -3.55. The summed E-state index contributed by atoms with van der Waals surface area (Å²) in [7, 11) is 0. The van der Waals surface area contributed by atoms with E-state index in [0.717, 1.165) is 21.6 Å². The SMILES string of the molecule is Cc1ccc(-c2nc(NC(=O)c3ccc(Cl)cc3)sc2-c2ccc([N+](=O)[O-])cc2)cc1. The molecule has 154 valence electrons. The van der Waals surface area contributed by atoms with E-state index in [1.807, 2.05) is 31.2 Å². The molecule has 1 aromatic heterocycles. The second kappa shape index (κ2) is 8.67. The van der Waals surface area contributed by atoms with Crippen LogP contribution in [0.1, 0.15) is 15.9 Å². The van der Waals surface area contributed by atoms with Crippen LogP contribution in [0.15, 0.2) is 72.8 Å². The first kappa shape index (κ1) is 20.7. The number of thiazole rings is 1. The molecule has 0 saturated carbocycles. The summed E-state index contributed by atoms with van der Waals surface area (Å²) in [6, 6.07) is 20.8. The lowest BCUT2D eigenvalue weighted by Gasteiger charge is -2.03. The van der Waals surface area contributed by atoms with Gasteiger partial charge in [0.2, 0.25) is 0 Å². The zero-order valence-corrected chi connectivity index (χ0v) is 17.9. The van der Waals surface area contributed by atoms with E-state index < -0.39 is 4.92 Å². The monoisotopic (exact) mass is 449 g/mol. The first-order valence-electron chi connectivity index (χ1n) is 9.30. The molecule has 0 saturated heterocycles. The Balaban J connectivity index is 1.72. The molecule has 4 aromatic rings. The van der Waals surface area contributed by atoms with Gasteiger partial charge < -0.3 is 0 Å². The summed E-state index contributed by atoms with van der Waals surface area (Å²) in [5.41, 5.74) is 3.97. The molecule has 1 amide bonds. The number of nitro groups is 1. The topological polar surface area (TPSA) is 85.1 Å². The van der Waals surface area contributed by atoms with E-state index in [9.17, 15) is 14.9 Å². The molecule has 0 aliphatic rings. The number of halogens is 1. The molecule has 31 heavy (non-hydrogen) atoms. The summed E-state index contributed by atoms with van der Waals surface area (Å²) >= 11 is 7.21. The van der Waals surface area contributed by atoms with Crippen LogP contribution in [0.25, 0.3) is 21.7 Å². The molecule has 0 fully saturated rings. The minimum Gasteiger partial charge on any atom is -0.298 e. The van der Waals surface area contributed by atoms with Gasteiger partial charge in [-0.15, -0.1) is 0 Å². The van der Waals surface area contributed by atoms with Crippen LogP contribution in [0.2, 0.25) is 5.02 Å². The third kappa shape index (κ3) is 4.63. The normalized spacial score (nSPS) is 10.6. The molecule has 0 aliphatic carbocycles. The highest BCUT2D eigenvalue weighted by Gasteiger charge is 2.18. The fourth-order valence-electron chi connectivity index (χ4n) is 2.98. The molecule has 1 N–H and O–H groups in total. The van der Waals surface area contributed by atoms with Gasteiger partial charge in [0, 0.05) is 28.3 Å². The number of hydrogen-bond donors (Lipinski definition) is 1. The summed E-state index contributed by atoms with van der Waals surface area (Å²) in [5, 5.41) is 14.8. The van der Waals surface area contributed by atoms with Gasteiger partial charge in [0.15, 0.2) is 5.13 Å². The largest absolute Gasteiger partial charge is 0.298 e. The molecule has 8 heteroatoms. The van der Waals surface area contributed by atoms with Crippen molar-refractivity contribution in [3.8, 4) is 21.7 Å². The maximum absolute atomic E-state index is 12.6. The van der Waals surface area contributed by atoms with Crippen molar-refractivity contribution < 1.29 is 9.72 Å². The Labute approximate surface area is 187 Å². The summed E-state index contributed by atoms with van der Waals surface area (Å²) in [6.07, 6.45) is 0. The number of nitro benzene ring substituents is 1. The number of amides is 1. The number of carbonyl (C=O) groups is 1. The Bertz CT molecular complexity index is 1250. The molecule has 0 spiro atoms. The molecule has 0 bridgehead atoms. The van der Waals surface area contributed by atoms with Crippen LogP contribution in [0, 0.1) is 17.0 Å². The predicted octanol–water partition coefficient (Wildman–Crippen LogP) is 6.60. The van der Waals surface area contributed by atoms with Crippen LogP contribution >= 0.6 is 22.9 Å². The molecule has 0 unspecified atom stereocenters. The van der Waals surface area contributed by atoms with Crippen molar-refractivity contribution in [2.24, 2.45) is 0 Å². The molecular weight excluding hydrogens is 434 g/mol.